The van der Waals surface area contributed by atoms with Crippen molar-refractivity contribution >= 4 is 5.97 Å². The highest BCUT2D eigenvalue weighted by Crippen LogP contribution is 1.85. The molecule has 0 radical (unpaired) electrons. The summed E-state index contributed by atoms with van der Waals surface area (Å²) in [7, 11) is 0. The normalized spacial score (nSPS) is 14.4. The van der Waals surface area contributed by atoms with Gasteiger partial charge in [0.25, 0.3) is 5.97 Å². The van der Waals surface area contributed by atoms with Gasteiger partial charge in [-0.2, -0.15) is 0 Å². The van der Waals surface area contributed by atoms with Gasteiger partial charge in [0.2, 0.25) is 0 Å². The van der Waals surface area contributed by atoms with Crippen molar-refractivity contribution in [3.8, 4) is 0 Å². The third-order valence-electron chi connectivity index (χ3n) is 0.744. The molecule has 4 heteroatoms. The number of rotatable bonds is 0. The first kappa shape index (κ1) is 13.7. The molecule has 0 aromatic carbocycles. The Bertz CT molecular complexity index is 83.7. The lowest BCUT2D eigenvalue weighted by Gasteiger charge is -2.09. The Labute approximate surface area is 72.8 Å². The zero-order chi connectivity index (χ0) is 9.82. The standard InChI is InChI=1S/C4H8O2.C2H4O2.C2H4/c1-2-6-4-3-5-1;1-2(3)4;1-2/h1-4H2;1H3,(H,3,4);1-2H2. The fourth-order valence-corrected chi connectivity index (χ4v) is 0.440. The van der Waals surface area contributed by atoms with Crippen molar-refractivity contribution in [2.24, 2.45) is 0 Å². The molecule has 1 aliphatic heterocycles. The van der Waals surface area contributed by atoms with Gasteiger partial charge >= 0.3 is 0 Å². The van der Waals surface area contributed by atoms with Crippen LogP contribution in [-0.4, -0.2) is 37.5 Å². The SMILES string of the molecule is C1COCCO1.C=C.CC(=O)O. The third kappa shape index (κ3) is 22.9. The molecule has 0 bridgehead atoms. The maximum atomic E-state index is 9.00. The summed E-state index contributed by atoms with van der Waals surface area (Å²) in [5.41, 5.74) is 0. The van der Waals surface area contributed by atoms with Gasteiger partial charge in [-0.15, -0.1) is 13.2 Å². The third-order valence-corrected chi connectivity index (χ3v) is 0.744. The summed E-state index contributed by atoms with van der Waals surface area (Å²) >= 11 is 0. The van der Waals surface area contributed by atoms with Crippen molar-refractivity contribution in [3.05, 3.63) is 13.2 Å². The lowest BCUT2D eigenvalue weighted by atomic mass is 10.6. The van der Waals surface area contributed by atoms with Crippen LogP contribution in [-0.2, 0) is 14.3 Å². The molecule has 0 aliphatic carbocycles. The molecule has 12 heavy (non-hydrogen) atoms. The molecule has 0 amide bonds. The zero-order valence-electron chi connectivity index (χ0n) is 7.41. The van der Waals surface area contributed by atoms with Crippen LogP contribution in [0.5, 0.6) is 0 Å². The smallest absolute Gasteiger partial charge is 0.300 e. The second-order valence-corrected chi connectivity index (χ2v) is 1.74. The zero-order valence-corrected chi connectivity index (χ0v) is 7.41. The van der Waals surface area contributed by atoms with Crippen molar-refractivity contribution in [3.63, 3.8) is 0 Å². The van der Waals surface area contributed by atoms with Crippen LogP contribution in [0.2, 0.25) is 0 Å². The van der Waals surface area contributed by atoms with Gasteiger partial charge in [-0.1, -0.05) is 0 Å². The van der Waals surface area contributed by atoms with E-state index in [2.05, 4.69) is 13.2 Å². The van der Waals surface area contributed by atoms with Gasteiger partial charge < -0.3 is 14.6 Å². The van der Waals surface area contributed by atoms with Crippen LogP contribution in [0.1, 0.15) is 6.92 Å². The summed E-state index contributed by atoms with van der Waals surface area (Å²) in [6.45, 7) is 10.2. The van der Waals surface area contributed by atoms with Crippen LogP contribution >= 0.6 is 0 Å². The Kier molecular flexibility index (Phi) is 14.6. The fourth-order valence-electron chi connectivity index (χ4n) is 0.440. The van der Waals surface area contributed by atoms with E-state index >= 15 is 0 Å². The minimum atomic E-state index is -0.833. The Hall–Kier alpha value is -0.870. The second kappa shape index (κ2) is 12.8. The van der Waals surface area contributed by atoms with Crippen LogP contribution in [0.15, 0.2) is 13.2 Å². The fraction of sp³-hybridized carbons (Fsp3) is 0.625. The van der Waals surface area contributed by atoms with Crippen LogP contribution in [0.4, 0.5) is 0 Å². The van der Waals surface area contributed by atoms with Crippen LogP contribution in [0, 0.1) is 0 Å². The minimum absolute atomic E-state index is 0.778. The Morgan fingerprint density at radius 1 is 1.17 bits per heavy atom. The van der Waals surface area contributed by atoms with Gasteiger partial charge in [-0.25, -0.2) is 0 Å². The van der Waals surface area contributed by atoms with E-state index in [-0.39, 0.29) is 0 Å². The summed E-state index contributed by atoms with van der Waals surface area (Å²) in [6.07, 6.45) is 0. The Balaban J connectivity index is 0. The van der Waals surface area contributed by atoms with E-state index in [1.54, 1.807) is 0 Å². The molecular formula is C8H16O4. The van der Waals surface area contributed by atoms with Crippen molar-refractivity contribution in [1.82, 2.24) is 0 Å². The molecule has 0 spiro atoms. The van der Waals surface area contributed by atoms with Gasteiger partial charge in [-0.3, -0.25) is 4.79 Å². The van der Waals surface area contributed by atoms with E-state index in [1.165, 1.54) is 0 Å². The maximum absolute atomic E-state index is 9.00. The maximum Gasteiger partial charge on any atom is 0.300 e. The van der Waals surface area contributed by atoms with Gasteiger partial charge in [0, 0.05) is 6.92 Å². The molecule has 0 atom stereocenters. The largest absolute Gasteiger partial charge is 0.481 e. The first-order valence-electron chi connectivity index (χ1n) is 3.58. The topological polar surface area (TPSA) is 55.8 Å². The van der Waals surface area contributed by atoms with Gasteiger partial charge in [0.15, 0.2) is 0 Å². The highest BCUT2D eigenvalue weighted by Gasteiger charge is 1.94. The van der Waals surface area contributed by atoms with Crippen molar-refractivity contribution < 1.29 is 19.4 Å². The monoisotopic (exact) mass is 176 g/mol. The van der Waals surface area contributed by atoms with Gasteiger partial charge in [-0.05, 0) is 0 Å². The van der Waals surface area contributed by atoms with Crippen LogP contribution in [0.3, 0.4) is 0 Å². The molecule has 72 valence electrons. The molecule has 1 fully saturated rings. The number of aliphatic carboxylic acids is 1. The average molecular weight is 176 g/mol. The van der Waals surface area contributed by atoms with E-state index < -0.39 is 5.97 Å². The lowest BCUT2D eigenvalue weighted by molar-refractivity contribution is -0.134. The van der Waals surface area contributed by atoms with Crippen molar-refractivity contribution in [2.75, 3.05) is 26.4 Å². The summed E-state index contributed by atoms with van der Waals surface area (Å²) < 4.78 is 9.89. The number of hydrogen-bond acceptors (Lipinski definition) is 3. The van der Waals surface area contributed by atoms with Crippen LogP contribution < -0.4 is 0 Å². The first-order chi connectivity index (χ1) is 5.73. The molecule has 1 aliphatic rings. The first-order valence-corrected chi connectivity index (χ1v) is 3.58. The van der Waals surface area contributed by atoms with E-state index in [9.17, 15) is 0 Å². The Morgan fingerprint density at radius 2 is 1.33 bits per heavy atom. The molecule has 1 rings (SSSR count). The highest BCUT2D eigenvalue weighted by molar-refractivity contribution is 5.62. The summed E-state index contributed by atoms with van der Waals surface area (Å²) in [5.74, 6) is -0.833. The predicted octanol–water partition coefficient (Wildman–Crippen LogP) is 0.926. The van der Waals surface area contributed by atoms with Gasteiger partial charge in [0.05, 0.1) is 26.4 Å². The summed E-state index contributed by atoms with van der Waals surface area (Å²) in [5, 5.41) is 7.42. The molecule has 0 aromatic rings. The predicted molar refractivity (Wildman–Crippen MR) is 46.2 cm³/mol. The lowest BCUT2D eigenvalue weighted by Crippen LogP contribution is -2.16. The number of carboxylic acid groups (broad SMARTS) is 1. The molecular weight excluding hydrogens is 160 g/mol. The minimum Gasteiger partial charge on any atom is -0.481 e. The number of carbonyl (C=O) groups is 1. The number of carboxylic acids is 1. The van der Waals surface area contributed by atoms with Crippen molar-refractivity contribution in [1.29, 1.82) is 0 Å². The highest BCUT2D eigenvalue weighted by atomic mass is 16.6. The van der Waals surface area contributed by atoms with E-state index in [0.29, 0.717) is 0 Å². The summed E-state index contributed by atoms with van der Waals surface area (Å²) in [6, 6.07) is 0. The molecule has 0 aromatic heterocycles. The van der Waals surface area contributed by atoms with E-state index in [0.717, 1.165) is 33.4 Å². The molecule has 4 nitrogen and oxygen atoms in total. The van der Waals surface area contributed by atoms with Gasteiger partial charge in [0.1, 0.15) is 0 Å². The Morgan fingerprint density at radius 3 is 1.42 bits per heavy atom. The quantitative estimate of drug-likeness (QED) is 0.558. The van der Waals surface area contributed by atoms with E-state index in [4.69, 9.17) is 19.4 Å². The molecule has 1 N–H and O–H groups in total. The molecule has 0 unspecified atom stereocenters. The van der Waals surface area contributed by atoms with E-state index in [1.807, 2.05) is 0 Å². The van der Waals surface area contributed by atoms with Crippen molar-refractivity contribution in [2.45, 2.75) is 6.92 Å². The number of hydrogen-bond donors (Lipinski definition) is 1. The molecule has 1 saturated heterocycles. The summed E-state index contributed by atoms with van der Waals surface area (Å²) in [4.78, 5) is 9.00. The molecule has 1 heterocycles. The number of ether oxygens (including phenoxy) is 2. The second-order valence-electron chi connectivity index (χ2n) is 1.74. The average Bonchev–Trinajstić information content (AvgIpc) is 2.10. The molecule has 0 saturated carbocycles. The van der Waals surface area contributed by atoms with Crippen LogP contribution in [0.25, 0.3) is 0 Å².